The molecule has 0 saturated heterocycles. The van der Waals surface area contributed by atoms with Crippen LogP contribution in [0.3, 0.4) is 0 Å². The highest BCUT2D eigenvalue weighted by atomic mass is 35.5. The van der Waals surface area contributed by atoms with E-state index < -0.39 is 5.38 Å². The number of alkyl halides is 1. The molecule has 2 rings (SSSR count). The molecule has 0 radical (unpaired) electrons. The van der Waals surface area contributed by atoms with Gasteiger partial charge in [-0.3, -0.25) is 0 Å². The van der Waals surface area contributed by atoms with Crippen LogP contribution < -0.4 is 9.47 Å². The van der Waals surface area contributed by atoms with Crippen LogP contribution in [-0.4, -0.2) is 14.2 Å². The Kier molecular flexibility index (Phi) is 4.74. The Labute approximate surface area is 134 Å². The smallest absolute Gasteiger partial charge is 0.146 e. The van der Waals surface area contributed by atoms with Gasteiger partial charge in [0.2, 0.25) is 0 Å². The minimum Gasteiger partial charge on any atom is -0.495 e. The van der Waals surface area contributed by atoms with Crippen molar-refractivity contribution in [2.24, 2.45) is 0 Å². The van der Waals surface area contributed by atoms with Crippen LogP contribution in [0.1, 0.15) is 33.6 Å². The molecular weight excluding hydrogens is 311 g/mol. The van der Waals surface area contributed by atoms with Gasteiger partial charge in [-0.05, 0) is 38.5 Å². The molecule has 1 aromatic heterocycles. The number of hydrogen-bond acceptors (Lipinski definition) is 3. The molecule has 2 aromatic rings. The quantitative estimate of drug-likeness (QED) is 0.722. The number of rotatable bonds is 4. The van der Waals surface area contributed by atoms with E-state index in [4.69, 9.17) is 37.1 Å². The predicted molar refractivity (Wildman–Crippen MR) is 85.2 cm³/mol. The molecule has 0 spiro atoms. The molecule has 1 heterocycles. The van der Waals surface area contributed by atoms with Crippen molar-refractivity contribution in [3.8, 4) is 11.5 Å². The lowest BCUT2D eigenvalue weighted by Gasteiger charge is -2.17. The summed E-state index contributed by atoms with van der Waals surface area (Å²) >= 11 is 13.0. The van der Waals surface area contributed by atoms with Crippen LogP contribution in [-0.2, 0) is 0 Å². The SMILES string of the molecule is COc1ccc(C(Cl)c2c(C)oc(C)c2C)c(OC)c1Cl. The number of aryl methyl sites for hydroxylation is 2. The fourth-order valence-electron chi connectivity index (χ4n) is 2.46. The zero-order valence-electron chi connectivity index (χ0n) is 12.7. The van der Waals surface area contributed by atoms with Gasteiger partial charge in [0.25, 0.3) is 0 Å². The lowest BCUT2D eigenvalue weighted by molar-refractivity contribution is 0.391. The summed E-state index contributed by atoms with van der Waals surface area (Å²) < 4.78 is 16.3. The summed E-state index contributed by atoms with van der Waals surface area (Å²) in [5.74, 6) is 2.75. The second-order valence-electron chi connectivity index (χ2n) is 4.82. The lowest BCUT2D eigenvalue weighted by atomic mass is 9.99. The molecule has 1 atom stereocenters. The minimum absolute atomic E-state index is 0.402. The van der Waals surface area contributed by atoms with Crippen molar-refractivity contribution in [2.75, 3.05) is 14.2 Å². The van der Waals surface area contributed by atoms with E-state index >= 15 is 0 Å². The average Bonchev–Trinajstić information content (AvgIpc) is 2.71. The van der Waals surface area contributed by atoms with Crippen molar-refractivity contribution in [1.82, 2.24) is 0 Å². The number of furan rings is 1. The van der Waals surface area contributed by atoms with Crippen molar-refractivity contribution < 1.29 is 13.9 Å². The van der Waals surface area contributed by atoms with Gasteiger partial charge in [0, 0.05) is 11.1 Å². The van der Waals surface area contributed by atoms with Gasteiger partial charge in [0.15, 0.2) is 0 Å². The highest BCUT2D eigenvalue weighted by Crippen LogP contribution is 2.45. The predicted octanol–water partition coefficient (Wildman–Crippen LogP) is 5.20. The van der Waals surface area contributed by atoms with Crippen molar-refractivity contribution in [3.05, 3.63) is 45.4 Å². The first-order valence-electron chi connectivity index (χ1n) is 6.53. The summed E-state index contributed by atoms with van der Waals surface area (Å²) in [6, 6.07) is 3.65. The molecule has 0 saturated carbocycles. The fraction of sp³-hybridized carbons (Fsp3) is 0.375. The topological polar surface area (TPSA) is 31.6 Å². The maximum atomic E-state index is 6.67. The summed E-state index contributed by atoms with van der Waals surface area (Å²) in [5.41, 5.74) is 2.78. The molecule has 0 aliphatic rings. The molecule has 0 fully saturated rings. The minimum atomic E-state index is -0.402. The Morgan fingerprint density at radius 2 is 1.71 bits per heavy atom. The van der Waals surface area contributed by atoms with Crippen molar-refractivity contribution in [1.29, 1.82) is 0 Å². The molecule has 1 unspecified atom stereocenters. The van der Waals surface area contributed by atoms with E-state index in [9.17, 15) is 0 Å². The van der Waals surface area contributed by atoms with Crippen LogP contribution in [0.25, 0.3) is 0 Å². The molecule has 0 aliphatic carbocycles. The summed E-state index contributed by atoms with van der Waals surface area (Å²) in [7, 11) is 3.13. The van der Waals surface area contributed by atoms with E-state index in [1.54, 1.807) is 20.3 Å². The molecule has 5 heteroatoms. The molecule has 0 N–H and O–H groups in total. The van der Waals surface area contributed by atoms with Crippen molar-refractivity contribution in [2.45, 2.75) is 26.1 Å². The third-order valence-corrected chi connectivity index (χ3v) is 4.47. The van der Waals surface area contributed by atoms with Gasteiger partial charge in [-0.25, -0.2) is 0 Å². The van der Waals surface area contributed by atoms with E-state index in [1.807, 2.05) is 26.8 Å². The van der Waals surface area contributed by atoms with Gasteiger partial charge in [0.1, 0.15) is 28.0 Å². The highest BCUT2D eigenvalue weighted by Gasteiger charge is 2.25. The van der Waals surface area contributed by atoms with Crippen LogP contribution >= 0.6 is 23.2 Å². The Bertz CT molecular complexity index is 662. The molecule has 0 bridgehead atoms. The molecular formula is C16H18Cl2O3. The third kappa shape index (κ3) is 2.72. The summed E-state index contributed by atoms with van der Waals surface area (Å²) in [4.78, 5) is 0. The van der Waals surface area contributed by atoms with Crippen LogP contribution in [0, 0.1) is 20.8 Å². The second-order valence-corrected chi connectivity index (χ2v) is 5.63. The zero-order valence-corrected chi connectivity index (χ0v) is 14.2. The van der Waals surface area contributed by atoms with E-state index in [2.05, 4.69) is 0 Å². The highest BCUT2D eigenvalue weighted by molar-refractivity contribution is 6.34. The van der Waals surface area contributed by atoms with Crippen LogP contribution in [0.15, 0.2) is 16.5 Å². The largest absolute Gasteiger partial charge is 0.495 e. The summed E-state index contributed by atoms with van der Waals surface area (Å²) in [5, 5.41) is 0.0134. The number of hydrogen-bond donors (Lipinski definition) is 0. The number of ether oxygens (including phenoxy) is 2. The fourth-order valence-corrected chi connectivity index (χ4v) is 3.27. The van der Waals surface area contributed by atoms with Crippen LogP contribution in [0.4, 0.5) is 0 Å². The van der Waals surface area contributed by atoms with Gasteiger partial charge in [-0.2, -0.15) is 0 Å². The average molecular weight is 329 g/mol. The molecule has 0 aliphatic heterocycles. The normalized spacial score (nSPS) is 12.3. The van der Waals surface area contributed by atoms with Crippen molar-refractivity contribution >= 4 is 23.2 Å². The molecule has 114 valence electrons. The number of methoxy groups -OCH3 is 2. The standard InChI is InChI=1S/C16H18Cl2O3/c1-8-9(2)21-10(3)13(8)14(17)11-6-7-12(19-4)15(18)16(11)20-5/h6-7,14H,1-5H3. The second kappa shape index (κ2) is 6.20. The Morgan fingerprint density at radius 1 is 1.05 bits per heavy atom. The van der Waals surface area contributed by atoms with E-state index in [1.165, 1.54) is 0 Å². The maximum absolute atomic E-state index is 6.67. The summed E-state index contributed by atoms with van der Waals surface area (Å²) in [6.45, 7) is 5.82. The first kappa shape index (κ1) is 16.1. The van der Waals surface area contributed by atoms with Gasteiger partial charge >= 0.3 is 0 Å². The molecule has 0 amide bonds. The lowest BCUT2D eigenvalue weighted by Crippen LogP contribution is -2.01. The van der Waals surface area contributed by atoms with Gasteiger partial charge < -0.3 is 13.9 Å². The maximum Gasteiger partial charge on any atom is 0.146 e. The van der Waals surface area contributed by atoms with Crippen LogP contribution in [0.5, 0.6) is 11.5 Å². The summed E-state index contributed by atoms with van der Waals surface area (Å²) in [6.07, 6.45) is 0. The Morgan fingerprint density at radius 3 is 2.19 bits per heavy atom. The molecule has 21 heavy (non-hydrogen) atoms. The Hall–Kier alpha value is -1.32. The van der Waals surface area contributed by atoms with Crippen molar-refractivity contribution in [3.63, 3.8) is 0 Å². The van der Waals surface area contributed by atoms with E-state index in [0.717, 1.165) is 28.2 Å². The Balaban J connectivity index is 2.58. The third-order valence-electron chi connectivity index (χ3n) is 3.66. The van der Waals surface area contributed by atoms with Crippen LogP contribution in [0.2, 0.25) is 5.02 Å². The number of halogens is 2. The first-order chi connectivity index (χ1) is 9.92. The van der Waals surface area contributed by atoms with E-state index in [0.29, 0.717) is 16.5 Å². The molecule has 1 aromatic carbocycles. The zero-order chi connectivity index (χ0) is 15.7. The van der Waals surface area contributed by atoms with Gasteiger partial charge in [-0.1, -0.05) is 11.6 Å². The monoisotopic (exact) mass is 328 g/mol. The van der Waals surface area contributed by atoms with Gasteiger partial charge in [-0.15, -0.1) is 11.6 Å². The van der Waals surface area contributed by atoms with E-state index in [-0.39, 0.29) is 0 Å². The first-order valence-corrected chi connectivity index (χ1v) is 7.34. The number of benzene rings is 1. The van der Waals surface area contributed by atoms with Gasteiger partial charge in [0.05, 0.1) is 19.6 Å². The molecule has 3 nitrogen and oxygen atoms in total.